The minimum Gasteiger partial charge on any atom is -0.497 e. The van der Waals surface area contributed by atoms with Gasteiger partial charge in [-0.25, -0.2) is 0 Å². The number of carbonyl (C=O) groups is 2. The summed E-state index contributed by atoms with van der Waals surface area (Å²) in [5.41, 5.74) is 2.85. The monoisotopic (exact) mass is 398 g/mol. The Kier molecular flexibility index (Phi) is 6.95. The maximum Gasteiger partial charge on any atom is 0.185 e. The van der Waals surface area contributed by atoms with E-state index in [2.05, 4.69) is 0 Å². The maximum absolute atomic E-state index is 12.4. The molecule has 0 spiro atoms. The van der Waals surface area contributed by atoms with Gasteiger partial charge in [0.1, 0.15) is 11.5 Å². The van der Waals surface area contributed by atoms with Gasteiger partial charge in [-0.15, -0.1) is 0 Å². The molecule has 0 heterocycles. The van der Waals surface area contributed by atoms with Crippen molar-refractivity contribution in [3.63, 3.8) is 0 Å². The molecule has 0 aromatic heterocycles. The molecule has 3 aromatic rings. The zero-order valence-corrected chi connectivity index (χ0v) is 16.9. The van der Waals surface area contributed by atoms with Gasteiger partial charge >= 0.3 is 0 Å². The van der Waals surface area contributed by atoms with Gasteiger partial charge in [0.2, 0.25) is 0 Å². The summed E-state index contributed by atoms with van der Waals surface area (Å²) < 4.78 is 10.2. The predicted molar refractivity (Wildman–Crippen MR) is 119 cm³/mol. The number of hydrogen-bond acceptors (Lipinski definition) is 4. The molecule has 0 aliphatic rings. The molecule has 150 valence electrons. The summed E-state index contributed by atoms with van der Waals surface area (Å²) in [6, 6.07) is 21.5. The van der Waals surface area contributed by atoms with Gasteiger partial charge in [-0.05, 0) is 47.5 Å². The summed E-state index contributed by atoms with van der Waals surface area (Å²) in [5.74, 6) is 1.27. The minimum atomic E-state index is -0.126. The molecule has 0 N–H and O–H groups in total. The van der Waals surface area contributed by atoms with E-state index < -0.39 is 0 Å². The summed E-state index contributed by atoms with van der Waals surface area (Å²) in [5, 5.41) is 0. The van der Waals surface area contributed by atoms with Gasteiger partial charge in [0.25, 0.3) is 0 Å². The van der Waals surface area contributed by atoms with E-state index in [1.54, 1.807) is 50.6 Å². The molecule has 0 amide bonds. The van der Waals surface area contributed by atoms with Crippen LogP contribution in [0.4, 0.5) is 0 Å². The van der Waals surface area contributed by atoms with Crippen LogP contribution in [0.15, 0.2) is 84.9 Å². The van der Waals surface area contributed by atoms with Crippen molar-refractivity contribution in [2.24, 2.45) is 0 Å². The Morgan fingerprint density at radius 2 is 0.900 bits per heavy atom. The molecule has 0 saturated carbocycles. The van der Waals surface area contributed by atoms with Gasteiger partial charge in [-0.1, -0.05) is 60.7 Å². The largest absolute Gasteiger partial charge is 0.497 e. The quantitative estimate of drug-likeness (QED) is 0.372. The maximum atomic E-state index is 12.4. The first kappa shape index (κ1) is 20.8. The molecular weight excluding hydrogens is 376 g/mol. The van der Waals surface area contributed by atoms with Gasteiger partial charge in [0, 0.05) is 11.1 Å². The number of rotatable bonds is 8. The number of allylic oxidation sites excluding steroid dienone is 2. The summed E-state index contributed by atoms with van der Waals surface area (Å²) in [6.07, 6.45) is 6.53. The Labute approximate surface area is 176 Å². The average molecular weight is 398 g/mol. The van der Waals surface area contributed by atoms with Crippen molar-refractivity contribution in [3.8, 4) is 11.5 Å². The van der Waals surface area contributed by atoms with Crippen molar-refractivity contribution in [3.05, 3.63) is 107 Å². The van der Waals surface area contributed by atoms with Crippen LogP contribution >= 0.6 is 0 Å². The normalized spacial score (nSPS) is 11.0. The number of methoxy groups -OCH3 is 2. The van der Waals surface area contributed by atoms with E-state index in [1.807, 2.05) is 48.5 Å². The Morgan fingerprint density at radius 3 is 1.20 bits per heavy atom. The molecule has 0 unspecified atom stereocenters. The fourth-order valence-electron chi connectivity index (χ4n) is 2.77. The standard InChI is InChI=1S/C26H22O4/c1-29-23-13-3-19(4-14-23)7-17-25(27)21-9-11-22(12-10-21)26(28)18-8-20-5-15-24(30-2)16-6-20/h3-18H,1-2H3/b17-7+,18-8+. The third kappa shape index (κ3) is 5.55. The molecule has 4 nitrogen and oxygen atoms in total. The SMILES string of the molecule is COc1ccc(/C=C/C(=O)c2ccc(C(=O)/C=C/c3ccc(OC)cc3)cc2)cc1. The molecule has 30 heavy (non-hydrogen) atoms. The van der Waals surface area contributed by atoms with Crippen LogP contribution in [0.2, 0.25) is 0 Å². The molecule has 3 rings (SSSR count). The van der Waals surface area contributed by atoms with Crippen LogP contribution in [-0.2, 0) is 0 Å². The second-order valence-electron chi connectivity index (χ2n) is 6.52. The molecule has 0 atom stereocenters. The second-order valence-corrected chi connectivity index (χ2v) is 6.52. The van der Waals surface area contributed by atoms with Crippen LogP contribution in [0.5, 0.6) is 11.5 Å². The summed E-state index contributed by atoms with van der Waals surface area (Å²) >= 11 is 0. The molecule has 0 fully saturated rings. The van der Waals surface area contributed by atoms with E-state index in [4.69, 9.17) is 9.47 Å². The molecular formula is C26H22O4. The van der Waals surface area contributed by atoms with Gasteiger partial charge in [0.05, 0.1) is 14.2 Å². The summed E-state index contributed by atoms with van der Waals surface area (Å²) in [6.45, 7) is 0. The predicted octanol–water partition coefficient (Wildman–Crippen LogP) is 5.50. The van der Waals surface area contributed by atoms with E-state index >= 15 is 0 Å². The molecule has 0 saturated heterocycles. The lowest BCUT2D eigenvalue weighted by Gasteiger charge is -2.01. The first-order valence-corrected chi connectivity index (χ1v) is 9.42. The van der Waals surface area contributed by atoms with Crippen LogP contribution in [0.25, 0.3) is 12.2 Å². The zero-order valence-electron chi connectivity index (χ0n) is 16.9. The molecule has 0 bridgehead atoms. The van der Waals surface area contributed by atoms with Crippen molar-refractivity contribution in [2.75, 3.05) is 14.2 Å². The number of hydrogen-bond donors (Lipinski definition) is 0. The van der Waals surface area contributed by atoms with E-state index in [0.717, 1.165) is 22.6 Å². The molecule has 3 aromatic carbocycles. The smallest absolute Gasteiger partial charge is 0.185 e. The van der Waals surface area contributed by atoms with Gasteiger partial charge in [-0.3, -0.25) is 9.59 Å². The van der Waals surface area contributed by atoms with E-state index in [9.17, 15) is 9.59 Å². The van der Waals surface area contributed by atoms with Crippen LogP contribution in [0.1, 0.15) is 31.8 Å². The van der Waals surface area contributed by atoms with Crippen molar-refractivity contribution in [1.29, 1.82) is 0 Å². The Hall–Kier alpha value is -3.92. The highest BCUT2D eigenvalue weighted by atomic mass is 16.5. The highest BCUT2D eigenvalue weighted by molar-refractivity contribution is 6.09. The third-order valence-electron chi connectivity index (χ3n) is 4.54. The molecule has 0 aliphatic carbocycles. The van der Waals surface area contributed by atoms with Crippen LogP contribution in [-0.4, -0.2) is 25.8 Å². The first-order valence-electron chi connectivity index (χ1n) is 9.42. The van der Waals surface area contributed by atoms with Crippen molar-refractivity contribution >= 4 is 23.7 Å². The topological polar surface area (TPSA) is 52.6 Å². The van der Waals surface area contributed by atoms with Gasteiger partial charge in [0.15, 0.2) is 11.6 Å². The molecule has 0 aliphatic heterocycles. The first-order chi connectivity index (χ1) is 14.6. The lowest BCUT2D eigenvalue weighted by Crippen LogP contribution is -1.98. The Bertz CT molecular complexity index is 969. The van der Waals surface area contributed by atoms with Crippen molar-refractivity contribution in [2.45, 2.75) is 0 Å². The average Bonchev–Trinajstić information content (AvgIpc) is 2.81. The fourth-order valence-corrected chi connectivity index (χ4v) is 2.77. The van der Waals surface area contributed by atoms with Crippen molar-refractivity contribution < 1.29 is 19.1 Å². The lowest BCUT2D eigenvalue weighted by molar-refractivity contribution is 0.103. The summed E-state index contributed by atoms with van der Waals surface area (Å²) in [7, 11) is 3.22. The Morgan fingerprint density at radius 1 is 0.567 bits per heavy atom. The molecule has 4 heteroatoms. The minimum absolute atomic E-state index is 0.126. The van der Waals surface area contributed by atoms with Crippen molar-refractivity contribution in [1.82, 2.24) is 0 Å². The van der Waals surface area contributed by atoms with E-state index in [1.165, 1.54) is 12.2 Å². The third-order valence-corrected chi connectivity index (χ3v) is 4.54. The summed E-state index contributed by atoms with van der Waals surface area (Å²) in [4.78, 5) is 24.7. The van der Waals surface area contributed by atoms with Crippen LogP contribution < -0.4 is 9.47 Å². The second kappa shape index (κ2) is 10.0. The van der Waals surface area contributed by atoms with E-state index in [-0.39, 0.29) is 11.6 Å². The number of carbonyl (C=O) groups excluding carboxylic acids is 2. The van der Waals surface area contributed by atoms with Crippen LogP contribution in [0.3, 0.4) is 0 Å². The number of ketones is 2. The van der Waals surface area contributed by atoms with Crippen LogP contribution in [0, 0.1) is 0 Å². The number of benzene rings is 3. The fraction of sp³-hybridized carbons (Fsp3) is 0.0769. The highest BCUT2D eigenvalue weighted by Crippen LogP contribution is 2.15. The van der Waals surface area contributed by atoms with Gasteiger partial charge in [-0.2, -0.15) is 0 Å². The van der Waals surface area contributed by atoms with E-state index in [0.29, 0.717) is 11.1 Å². The molecule has 0 radical (unpaired) electrons. The Balaban J connectivity index is 1.62. The lowest BCUT2D eigenvalue weighted by atomic mass is 10.0. The zero-order chi connectivity index (χ0) is 21.3. The highest BCUT2D eigenvalue weighted by Gasteiger charge is 2.05. The van der Waals surface area contributed by atoms with Gasteiger partial charge < -0.3 is 9.47 Å². The number of ether oxygens (including phenoxy) is 2.